The van der Waals surface area contributed by atoms with Gasteiger partial charge in [0, 0.05) is 12.1 Å². The summed E-state index contributed by atoms with van der Waals surface area (Å²) in [6.07, 6.45) is 0. The Labute approximate surface area is 114 Å². The molecule has 0 radical (unpaired) electrons. The van der Waals surface area contributed by atoms with Crippen LogP contribution in [-0.4, -0.2) is 36.5 Å². The molecule has 0 unspecified atom stereocenters. The average Bonchev–Trinajstić information content (AvgIpc) is 2.40. The van der Waals surface area contributed by atoms with Crippen molar-refractivity contribution in [3.8, 4) is 0 Å². The topological polar surface area (TPSA) is 78.4 Å². The summed E-state index contributed by atoms with van der Waals surface area (Å²) in [6, 6.07) is 4.53. The summed E-state index contributed by atoms with van der Waals surface area (Å²) in [6.45, 7) is -0.730. The van der Waals surface area contributed by atoms with Crippen molar-refractivity contribution in [3.05, 3.63) is 34.6 Å². The van der Waals surface area contributed by atoms with Crippen LogP contribution < -0.4 is 10.6 Å². The molecule has 7 heteroatoms. The van der Waals surface area contributed by atoms with Gasteiger partial charge in [0.25, 0.3) is 0 Å². The van der Waals surface area contributed by atoms with Crippen LogP contribution in [-0.2, 0) is 16.1 Å². The van der Waals surface area contributed by atoms with Gasteiger partial charge in [0.15, 0.2) is 5.78 Å². The fourth-order valence-corrected chi connectivity index (χ4v) is 1.51. The van der Waals surface area contributed by atoms with Gasteiger partial charge >= 0.3 is 0 Å². The molecule has 0 saturated heterocycles. The van der Waals surface area contributed by atoms with Gasteiger partial charge < -0.3 is 15.7 Å². The Bertz CT molecular complexity index is 468. The van der Waals surface area contributed by atoms with Crippen molar-refractivity contribution in [1.82, 2.24) is 10.6 Å². The van der Waals surface area contributed by atoms with Crippen LogP contribution in [0.2, 0.25) is 5.02 Å². The lowest BCUT2D eigenvalue weighted by atomic mass is 10.2. The summed E-state index contributed by atoms with van der Waals surface area (Å²) in [4.78, 5) is 22.1. The van der Waals surface area contributed by atoms with Crippen molar-refractivity contribution in [1.29, 1.82) is 0 Å². The number of halogens is 2. The van der Waals surface area contributed by atoms with Crippen molar-refractivity contribution in [2.75, 3.05) is 19.7 Å². The standard InChI is InChI=1S/C12H14ClFN2O3/c13-10-3-1-2-8(12(10)14)4-16-11(19)6-15-5-9(18)7-17/h1-3,15,17H,4-7H2,(H,16,19). The van der Waals surface area contributed by atoms with E-state index in [4.69, 9.17) is 16.7 Å². The van der Waals surface area contributed by atoms with Gasteiger partial charge in [-0.1, -0.05) is 23.7 Å². The average molecular weight is 289 g/mol. The van der Waals surface area contributed by atoms with Gasteiger partial charge in [-0.3, -0.25) is 9.59 Å². The highest BCUT2D eigenvalue weighted by molar-refractivity contribution is 6.30. The first-order chi connectivity index (χ1) is 9.04. The van der Waals surface area contributed by atoms with E-state index in [-0.39, 0.29) is 36.1 Å². The van der Waals surface area contributed by atoms with Crippen molar-refractivity contribution in [2.45, 2.75) is 6.54 Å². The number of hydrogen-bond acceptors (Lipinski definition) is 4. The summed E-state index contributed by atoms with van der Waals surface area (Å²) in [5, 5.41) is 13.5. The van der Waals surface area contributed by atoms with E-state index in [9.17, 15) is 14.0 Å². The number of carbonyl (C=O) groups is 2. The quantitative estimate of drug-likeness (QED) is 0.672. The Morgan fingerprint density at radius 3 is 2.74 bits per heavy atom. The highest BCUT2D eigenvalue weighted by Gasteiger charge is 2.08. The van der Waals surface area contributed by atoms with Gasteiger partial charge in [-0.15, -0.1) is 0 Å². The predicted octanol–water partition coefficient (Wildman–Crippen LogP) is 0.246. The monoisotopic (exact) mass is 288 g/mol. The number of carbonyl (C=O) groups excluding carboxylic acids is 2. The third-order valence-corrected chi connectivity index (χ3v) is 2.58. The molecule has 3 N–H and O–H groups in total. The number of rotatable bonds is 7. The number of amides is 1. The summed E-state index contributed by atoms with van der Waals surface area (Å²) in [5.74, 6) is -1.35. The van der Waals surface area contributed by atoms with E-state index in [1.807, 2.05) is 0 Å². The molecule has 0 aliphatic heterocycles. The minimum absolute atomic E-state index is 0.00147. The zero-order valence-electron chi connectivity index (χ0n) is 10.1. The Balaban J connectivity index is 2.34. The largest absolute Gasteiger partial charge is 0.389 e. The highest BCUT2D eigenvalue weighted by Crippen LogP contribution is 2.17. The van der Waals surface area contributed by atoms with E-state index in [0.717, 1.165) is 0 Å². The maximum absolute atomic E-state index is 13.5. The highest BCUT2D eigenvalue weighted by atomic mass is 35.5. The number of benzene rings is 1. The third kappa shape index (κ3) is 5.34. The second-order valence-corrected chi connectivity index (χ2v) is 4.20. The summed E-state index contributed by atoms with van der Waals surface area (Å²) >= 11 is 5.60. The molecule has 1 aromatic rings. The minimum atomic E-state index is -0.567. The van der Waals surface area contributed by atoms with Gasteiger partial charge in [-0.05, 0) is 6.07 Å². The van der Waals surface area contributed by atoms with Gasteiger partial charge in [-0.25, -0.2) is 4.39 Å². The van der Waals surface area contributed by atoms with Crippen LogP contribution in [0.3, 0.4) is 0 Å². The lowest BCUT2D eigenvalue weighted by Gasteiger charge is -2.07. The van der Waals surface area contributed by atoms with Gasteiger partial charge in [-0.2, -0.15) is 0 Å². The van der Waals surface area contributed by atoms with E-state index in [1.54, 1.807) is 6.07 Å². The molecule has 5 nitrogen and oxygen atoms in total. The van der Waals surface area contributed by atoms with Crippen LogP contribution in [0.15, 0.2) is 18.2 Å². The molecule has 0 aliphatic carbocycles. The fourth-order valence-electron chi connectivity index (χ4n) is 1.31. The molecule has 19 heavy (non-hydrogen) atoms. The van der Waals surface area contributed by atoms with Gasteiger partial charge in [0.2, 0.25) is 5.91 Å². The van der Waals surface area contributed by atoms with E-state index in [1.165, 1.54) is 12.1 Å². The molecule has 0 heterocycles. The number of hydrogen-bond donors (Lipinski definition) is 3. The first kappa shape index (κ1) is 15.6. The third-order valence-electron chi connectivity index (χ3n) is 2.29. The van der Waals surface area contributed by atoms with Crippen molar-refractivity contribution >= 4 is 23.3 Å². The number of aliphatic hydroxyl groups excluding tert-OH is 1. The first-order valence-electron chi connectivity index (χ1n) is 5.57. The smallest absolute Gasteiger partial charge is 0.234 e. The molecule has 1 aromatic carbocycles. The van der Waals surface area contributed by atoms with Gasteiger partial charge in [0.05, 0.1) is 18.1 Å². The summed E-state index contributed by atoms with van der Waals surface area (Å²) in [5.41, 5.74) is 0.285. The molecule has 104 valence electrons. The van der Waals surface area contributed by atoms with Crippen LogP contribution in [0.1, 0.15) is 5.56 Å². The zero-order valence-corrected chi connectivity index (χ0v) is 10.8. The fraction of sp³-hybridized carbons (Fsp3) is 0.333. The number of Topliss-reactive ketones (excluding diaryl/α,β-unsaturated/α-hetero) is 1. The zero-order chi connectivity index (χ0) is 14.3. The van der Waals surface area contributed by atoms with Crippen molar-refractivity contribution in [2.24, 2.45) is 0 Å². The second kappa shape index (κ2) is 7.83. The normalized spacial score (nSPS) is 10.3. The van der Waals surface area contributed by atoms with Crippen LogP contribution in [0.4, 0.5) is 4.39 Å². The van der Waals surface area contributed by atoms with E-state index < -0.39 is 18.2 Å². The second-order valence-electron chi connectivity index (χ2n) is 3.79. The first-order valence-corrected chi connectivity index (χ1v) is 5.95. The molecule has 0 saturated carbocycles. The molecule has 0 aromatic heterocycles. The maximum Gasteiger partial charge on any atom is 0.234 e. The summed E-state index contributed by atoms with van der Waals surface area (Å²) < 4.78 is 13.5. The van der Waals surface area contributed by atoms with E-state index >= 15 is 0 Å². The molecule has 1 amide bonds. The Hall–Kier alpha value is -1.50. The van der Waals surface area contributed by atoms with Crippen LogP contribution in [0.5, 0.6) is 0 Å². The summed E-state index contributed by atoms with van der Waals surface area (Å²) in [7, 11) is 0. The SMILES string of the molecule is O=C(CO)CNCC(=O)NCc1cccc(Cl)c1F. The number of aliphatic hydroxyl groups is 1. The van der Waals surface area contributed by atoms with Gasteiger partial charge in [0.1, 0.15) is 12.4 Å². The maximum atomic E-state index is 13.5. The Kier molecular flexibility index (Phi) is 6.41. The lowest BCUT2D eigenvalue weighted by Crippen LogP contribution is -2.36. The van der Waals surface area contributed by atoms with E-state index in [0.29, 0.717) is 0 Å². The molecular weight excluding hydrogens is 275 g/mol. The molecule has 0 atom stereocenters. The Morgan fingerprint density at radius 1 is 1.32 bits per heavy atom. The number of ketones is 1. The minimum Gasteiger partial charge on any atom is -0.389 e. The molecule has 0 fully saturated rings. The molecule has 1 rings (SSSR count). The van der Waals surface area contributed by atoms with Crippen LogP contribution in [0, 0.1) is 5.82 Å². The molecule has 0 spiro atoms. The van der Waals surface area contributed by atoms with Crippen LogP contribution >= 0.6 is 11.6 Å². The van der Waals surface area contributed by atoms with Crippen molar-refractivity contribution < 1.29 is 19.1 Å². The lowest BCUT2D eigenvalue weighted by molar-refractivity contribution is -0.121. The Morgan fingerprint density at radius 2 is 2.05 bits per heavy atom. The number of nitrogens with one attached hydrogen (secondary N) is 2. The molecular formula is C12H14ClFN2O3. The molecule has 0 bridgehead atoms. The predicted molar refractivity (Wildman–Crippen MR) is 68.2 cm³/mol. The molecule has 0 aliphatic rings. The van der Waals surface area contributed by atoms with Crippen LogP contribution in [0.25, 0.3) is 0 Å². The van der Waals surface area contributed by atoms with Crippen molar-refractivity contribution in [3.63, 3.8) is 0 Å². The van der Waals surface area contributed by atoms with E-state index in [2.05, 4.69) is 10.6 Å².